The number of rotatable bonds is 3. The van der Waals surface area contributed by atoms with Crippen molar-refractivity contribution in [3.8, 4) is 0 Å². The average molecular weight is 211 g/mol. The van der Waals surface area contributed by atoms with Crippen molar-refractivity contribution in [1.29, 1.82) is 0 Å². The summed E-state index contributed by atoms with van der Waals surface area (Å²) in [6.07, 6.45) is 1.24. The summed E-state index contributed by atoms with van der Waals surface area (Å²) in [4.78, 5) is 15.8. The molecule has 0 bridgehead atoms. The second-order valence-corrected chi connectivity index (χ2v) is 4.92. The molecule has 1 unspecified atom stereocenters. The first-order valence-electron chi connectivity index (χ1n) is 5.93. The second-order valence-electron chi connectivity index (χ2n) is 4.92. The summed E-state index contributed by atoms with van der Waals surface area (Å²) < 4.78 is 0. The molecule has 15 heavy (non-hydrogen) atoms. The molecule has 1 N–H and O–H groups in total. The average Bonchev–Trinajstić information content (AvgIpc) is 2.77. The van der Waals surface area contributed by atoms with Crippen LogP contribution in [0.25, 0.3) is 0 Å². The van der Waals surface area contributed by atoms with Crippen LogP contribution >= 0.6 is 0 Å². The quantitative estimate of drug-likeness (QED) is 0.747. The fourth-order valence-corrected chi connectivity index (χ4v) is 2.48. The van der Waals surface area contributed by atoms with Gasteiger partial charge in [-0.1, -0.05) is 0 Å². The van der Waals surface area contributed by atoms with Crippen LogP contribution in [0.5, 0.6) is 0 Å². The van der Waals surface area contributed by atoms with Gasteiger partial charge in [-0.25, -0.2) is 4.79 Å². The molecule has 0 spiro atoms. The SMILES string of the molecule is CC(C)N1CCC(CN2CCNC2=O)C1. The molecular formula is C11H21N3O. The van der Waals surface area contributed by atoms with Gasteiger partial charge in [-0.15, -0.1) is 0 Å². The number of amides is 2. The van der Waals surface area contributed by atoms with Crippen molar-refractivity contribution in [3.05, 3.63) is 0 Å². The molecule has 2 heterocycles. The van der Waals surface area contributed by atoms with Gasteiger partial charge in [0.05, 0.1) is 0 Å². The maximum atomic E-state index is 11.4. The normalized spacial score (nSPS) is 27.8. The van der Waals surface area contributed by atoms with Crippen molar-refractivity contribution >= 4 is 6.03 Å². The molecule has 2 amide bonds. The van der Waals surface area contributed by atoms with E-state index in [4.69, 9.17) is 0 Å². The van der Waals surface area contributed by atoms with E-state index >= 15 is 0 Å². The molecule has 2 fully saturated rings. The van der Waals surface area contributed by atoms with Gasteiger partial charge in [-0.05, 0) is 32.7 Å². The zero-order valence-electron chi connectivity index (χ0n) is 9.70. The number of likely N-dealkylation sites (tertiary alicyclic amines) is 1. The summed E-state index contributed by atoms with van der Waals surface area (Å²) >= 11 is 0. The van der Waals surface area contributed by atoms with Crippen molar-refractivity contribution in [2.45, 2.75) is 26.3 Å². The number of hydrogen-bond acceptors (Lipinski definition) is 2. The molecule has 0 aromatic rings. The van der Waals surface area contributed by atoms with Gasteiger partial charge in [-0.2, -0.15) is 0 Å². The van der Waals surface area contributed by atoms with Crippen LogP contribution in [-0.2, 0) is 0 Å². The lowest BCUT2D eigenvalue weighted by Crippen LogP contribution is -2.35. The van der Waals surface area contributed by atoms with E-state index in [9.17, 15) is 4.79 Å². The van der Waals surface area contributed by atoms with Crippen LogP contribution in [0.1, 0.15) is 20.3 Å². The van der Waals surface area contributed by atoms with Crippen LogP contribution in [-0.4, -0.2) is 54.6 Å². The fourth-order valence-electron chi connectivity index (χ4n) is 2.48. The van der Waals surface area contributed by atoms with Gasteiger partial charge >= 0.3 is 6.03 Å². The first-order valence-corrected chi connectivity index (χ1v) is 5.93. The van der Waals surface area contributed by atoms with Crippen LogP contribution in [0.3, 0.4) is 0 Å². The highest BCUT2D eigenvalue weighted by Gasteiger charge is 2.28. The molecular weight excluding hydrogens is 190 g/mol. The van der Waals surface area contributed by atoms with Gasteiger partial charge in [-0.3, -0.25) is 0 Å². The Morgan fingerprint density at radius 2 is 2.27 bits per heavy atom. The summed E-state index contributed by atoms with van der Waals surface area (Å²) in [6.45, 7) is 9.47. The van der Waals surface area contributed by atoms with E-state index in [1.54, 1.807) is 0 Å². The molecule has 0 aliphatic carbocycles. The maximum Gasteiger partial charge on any atom is 0.317 e. The zero-order chi connectivity index (χ0) is 10.8. The van der Waals surface area contributed by atoms with Crippen LogP contribution < -0.4 is 5.32 Å². The Kier molecular flexibility index (Phi) is 3.14. The largest absolute Gasteiger partial charge is 0.336 e. The molecule has 2 aliphatic rings. The van der Waals surface area contributed by atoms with Gasteiger partial charge in [0, 0.05) is 32.2 Å². The van der Waals surface area contributed by atoms with E-state index in [-0.39, 0.29) is 6.03 Å². The minimum atomic E-state index is 0.123. The Hall–Kier alpha value is -0.770. The lowest BCUT2D eigenvalue weighted by molar-refractivity contribution is 0.205. The van der Waals surface area contributed by atoms with Crippen LogP contribution in [0, 0.1) is 5.92 Å². The van der Waals surface area contributed by atoms with Gasteiger partial charge in [0.2, 0.25) is 0 Å². The number of nitrogens with zero attached hydrogens (tertiary/aromatic N) is 2. The summed E-state index contributed by atoms with van der Waals surface area (Å²) in [7, 11) is 0. The summed E-state index contributed by atoms with van der Waals surface area (Å²) in [5.74, 6) is 0.677. The molecule has 2 aliphatic heterocycles. The third kappa shape index (κ3) is 2.43. The molecule has 4 nitrogen and oxygen atoms in total. The van der Waals surface area contributed by atoms with Crippen molar-refractivity contribution in [2.24, 2.45) is 5.92 Å². The molecule has 4 heteroatoms. The Labute approximate surface area is 91.6 Å². The summed E-state index contributed by atoms with van der Waals surface area (Å²) in [5, 5.41) is 2.85. The van der Waals surface area contributed by atoms with E-state index < -0.39 is 0 Å². The summed E-state index contributed by atoms with van der Waals surface area (Å²) in [6, 6.07) is 0.764. The number of urea groups is 1. The minimum Gasteiger partial charge on any atom is -0.336 e. The van der Waals surface area contributed by atoms with E-state index in [1.165, 1.54) is 13.0 Å². The highest BCUT2D eigenvalue weighted by atomic mass is 16.2. The predicted molar refractivity (Wildman–Crippen MR) is 59.8 cm³/mol. The van der Waals surface area contributed by atoms with Gasteiger partial charge in [0.25, 0.3) is 0 Å². The first-order chi connectivity index (χ1) is 7.16. The molecule has 86 valence electrons. The maximum absolute atomic E-state index is 11.4. The fraction of sp³-hybridized carbons (Fsp3) is 0.909. The predicted octanol–water partition coefficient (Wildman–Crippen LogP) is 0.742. The van der Waals surface area contributed by atoms with Gasteiger partial charge in [0.15, 0.2) is 0 Å². The minimum absolute atomic E-state index is 0.123. The van der Waals surface area contributed by atoms with E-state index in [0.717, 1.165) is 26.2 Å². The van der Waals surface area contributed by atoms with Gasteiger partial charge in [0.1, 0.15) is 0 Å². The lowest BCUT2D eigenvalue weighted by atomic mass is 10.1. The Morgan fingerprint density at radius 3 is 2.80 bits per heavy atom. The molecule has 0 radical (unpaired) electrons. The molecule has 0 saturated carbocycles. The number of carbonyl (C=O) groups excluding carboxylic acids is 1. The Bertz CT molecular complexity index is 242. The topological polar surface area (TPSA) is 35.6 Å². The third-order valence-corrected chi connectivity index (χ3v) is 3.47. The molecule has 2 saturated heterocycles. The monoisotopic (exact) mass is 211 g/mol. The molecule has 1 atom stereocenters. The second kappa shape index (κ2) is 4.39. The highest BCUT2D eigenvalue weighted by Crippen LogP contribution is 2.19. The van der Waals surface area contributed by atoms with Crippen LogP contribution in [0.4, 0.5) is 4.79 Å². The van der Waals surface area contributed by atoms with Crippen molar-refractivity contribution in [2.75, 3.05) is 32.7 Å². The highest BCUT2D eigenvalue weighted by molar-refractivity contribution is 5.76. The molecule has 0 aromatic heterocycles. The Balaban J connectivity index is 1.79. The standard InChI is InChI=1S/C11H21N3O/c1-9(2)13-5-3-10(7-13)8-14-6-4-12-11(14)15/h9-10H,3-8H2,1-2H3,(H,12,15). The lowest BCUT2D eigenvalue weighted by Gasteiger charge is -2.22. The van der Waals surface area contributed by atoms with Crippen LogP contribution in [0.15, 0.2) is 0 Å². The number of carbonyl (C=O) groups is 1. The summed E-state index contributed by atoms with van der Waals surface area (Å²) in [5.41, 5.74) is 0. The van der Waals surface area contributed by atoms with E-state index in [0.29, 0.717) is 12.0 Å². The third-order valence-electron chi connectivity index (χ3n) is 3.47. The van der Waals surface area contributed by atoms with Crippen LogP contribution in [0.2, 0.25) is 0 Å². The smallest absolute Gasteiger partial charge is 0.317 e. The zero-order valence-corrected chi connectivity index (χ0v) is 9.70. The van der Waals surface area contributed by atoms with E-state index in [2.05, 4.69) is 24.1 Å². The van der Waals surface area contributed by atoms with Crippen molar-refractivity contribution in [1.82, 2.24) is 15.1 Å². The molecule has 0 aromatic carbocycles. The number of hydrogen-bond donors (Lipinski definition) is 1. The van der Waals surface area contributed by atoms with Gasteiger partial charge < -0.3 is 15.1 Å². The van der Waals surface area contributed by atoms with E-state index in [1.807, 2.05) is 4.90 Å². The first kappa shape index (κ1) is 10.7. The number of nitrogens with one attached hydrogen (secondary N) is 1. The molecule has 2 rings (SSSR count). The van der Waals surface area contributed by atoms with Crippen molar-refractivity contribution < 1.29 is 4.79 Å². The van der Waals surface area contributed by atoms with Crippen molar-refractivity contribution in [3.63, 3.8) is 0 Å². The Morgan fingerprint density at radius 1 is 1.47 bits per heavy atom.